The largest absolute Gasteiger partial charge is 0.493 e. The summed E-state index contributed by atoms with van der Waals surface area (Å²) in [6.45, 7) is 3.91. The number of ether oxygens (including phenoxy) is 4. The smallest absolute Gasteiger partial charge is 0.308 e. The summed E-state index contributed by atoms with van der Waals surface area (Å²) in [6.07, 6.45) is 0. The van der Waals surface area contributed by atoms with Crippen LogP contribution in [0.25, 0.3) is 0 Å². The van der Waals surface area contributed by atoms with Gasteiger partial charge < -0.3 is 18.9 Å². The molecule has 1 unspecified atom stereocenters. The van der Waals surface area contributed by atoms with Crippen LogP contribution in [0, 0.1) is 0 Å². The van der Waals surface area contributed by atoms with Gasteiger partial charge in [-0.25, -0.2) is 0 Å². The van der Waals surface area contributed by atoms with Crippen LogP contribution in [0.1, 0.15) is 26.3 Å². The molecule has 25 heavy (non-hydrogen) atoms. The van der Waals surface area contributed by atoms with E-state index in [1.54, 1.807) is 18.2 Å². The number of methoxy groups -OCH3 is 2. The quantitative estimate of drug-likeness (QED) is 0.802. The van der Waals surface area contributed by atoms with Crippen molar-refractivity contribution in [1.29, 1.82) is 0 Å². The van der Waals surface area contributed by atoms with Crippen LogP contribution in [-0.4, -0.2) is 31.9 Å². The first-order chi connectivity index (χ1) is 11.7. The Morgan fingerprint density at radius 1 is 1.12 bits per heavy atom. The van der Waals surface area contributed by atoms with Crippen LogP contribution in [-0.2, 0) is 29.5 Å². The fourth-order valence-electron chi connectivity index (χ4n) is 2.42. The molecule has 0 fully saturated rings. The van der Waals surface area contributed by atoms with Crippen LogP contribution in [0.4, 0.5) is 0 Å². The first-order valence-corrected chi connectivity index (χ1v) is 7.39. The fourth-order valence-corrected chi connectivity index (χ4v) is 2.42. The molecule has 1 amide bonds. The molecular weight excluding hydrogens is 330 g/mol. The maximum atomic E-state index is 12.8. The van der Waals surface area contributed by atoms with E-state index in [4.69, 9.17) is 18.9 Å². The number of Topliss-reactive ketones (excluding diaryl/α,β-unsaturated/α-hetero) is 1. The third kappa shape index (κ3) is 3.42. The average Bonchev–Trinajstić information content (AvgIpc) is 2.78. The van der Waals surface area contributed by atoms with Crippen molar-refractivity contribution in [1.82, 2.24) is 5.32 Å². The molecule has 2 rings (SSSR count). The third-order valence-corrected chi connectivity index (χ3v) is 3.62. The van der Waals surface area contributed by atoms with Crippen molar-refractivity contribution >= 4 is 17.7 Å². The second-order valence-electron chi connectivity index (χ2n) is 5.47. The molecule has 1 aliphatic rings. The molecule has 0 saturated carbocycles. The van der Waals surface area contributed by atoms with E-state index in [2.05, 4.69) is 5.32 Å². The summed E-state index contributed by atoms with van der Waals surface area (Å²) in [5, 5.41) is 2.37. The van der Waals surface area contributed by atoms with Gasteiger partial charge in [-0.1, -0.05) is 6.07 Å². The highest BCUT2D eigenvalue weighted by Crippen LogP contribution is 2.41. The number of ketones is 1. The lowest BCUT2D eigenvalue weighted by molar-refractivity contribution is -0.142. The van der Waals surface area contributed by atoms with Crippen LogP contribution in [0.5, 0.6) is 11.5 Å². The highest BCUT2D eigenvalue weighted by molar-refractivity contribution is 6.04. The van der Waals surface area contributed by atoms with Crippen molar-refractivity contribution in [3.05, 3.63) is 35.4 Å². The molecule has 1 heterocycles. The maximum Gasteiger partial charge on any atom is 0.308 e. The minimum atomic E-state index is -1.50. The summed E-state index contributed by atoms with van der Waals surface area (Å²) in [7, 11) is 2.96. The van der Waals surface area contributed by atoms with Gasteiger partial charge in [-0.2, -0.15) is 0 Å². The molecule has 1 aromatic carbocycles. The van der Waals surface area contributed by atoms with Crippen LogP contribution in [0.15, 0.2) is 29.8 Å². The highest BCUT2D eigenvalue weighted by Gasteiger charge is 2.50. The van der Waals surface area contributed by atoms with E-state index in [-0.39, 0.29) is 11.6 Å². The first-order valence-electron chi connectivity index (χ1n) is 7.39. The molecule has 0 bridgehead atoms. The third-order valence-electron chi connectivity index (χ3n) is 3.62. The number of esters is 1. The predicted molar refractivity (Wildman–Crippen MR) is 85.6 cm³/mol. The molecule has 0 aromatic heterocycles. The normalized spacial score (nSPS) is 19.3. The van der Waals surface area contributed by atoms with Crippen molar-refractivity contribution < 1.29 is 33.3 Å². The molecule has 1 N–H and O–H groups in total. The van der Waals surface area contributed by atoms with E-state index in [1.165, 1.54) is 28.1 Å². The Morgan fingerprint density at radius 2 is 1.76 bits per heavy atom. The van der Waals surface area contributed by atoms with Crippen LogP contribution in [0.3, 0.4) is 0 Å². The summed E-state index contributed by atoms with van der Waals surface area (Å²) in [5.74, 6) is -1.44. The molecule has 8 nitrogen and oxygen atoms in total. The number of carbonyl (C=O) groups excluding carboxylic acids is 3. The van der Waals surface area contributed by atoms with E-state index in [1.807, 2.05) is 0 Å². The number of hydrogen-bond donors (Lipinski definition) is 1. The standard InChI is InChI=1S/C17H19NO7/c1-9(19)18-16-14(24-10(2)20)15(21)17(3,25-16)11-6-7-12(22-4)13(8-11)23-5/h6-8H,1-5H3,(H,18,19). The Labute approximate surface area is 144 Å². The summed E-state index contributed by atoms with van der Waals surface area (Å²) in [6, 6.07) is 4.83. The molecular formula is C17H19NO7. The van der Waals surface area contributed by atoms with Gasteiger partial charge in [0.05, 0.1) is 14.2 Å². The lowest BCUT2D eigenvalue weighted by Crippen LogP contribution is -2.32. The number of nitrogens with one attached hydrogen (secondary N) is 1. The lowest BCUT2D eigenvalue weighted by Gasteiger charge is -2.24. The SMILES string of the molecule is COc1ccc(C2(C)OC(NC(C)=O)=C(OC(C)=O)C2=O)cc1OC. The number of amides is 1. The second kappa shape index (κ2) is 6.84. The summed E-state index contributed by atoms with van der Waals surface area (Å²) in [4.78, 5) is 35.5. The molecule has 1 atom stereocenters. The van der Waals surface area contributed by atoms with E-state index in [9.17, 15) is 14.4 Å². The minimum Gasteiger partial charge on any atom is -0.493 e. The number of carbonyl (C=O) groups is 3. The zero-order valence-corrected chi connectivity index (χ0v) is 14.6. The van der Waals surface area contributed by atoms with Gasteiger partial charge in [0.2, 0.25) is 17.5 Å². The van der Waals surface area contributed by atoms with Gasteiger partial charge in [-0.3, -0.25) is 19.7 Å². The molecule has 134 valence electrons. The fraction of sp³-hybridized carbons (Fsp3) is 0.353. The second-order valence-corrected chi connectivity index (χ2v) is 5.47. The minimum absolute atomic E-state index is 0.204. The van der Waals surface area contributed by atoms with Crippen molar-refractivity contribution in [3.8, 4) is 11.5 Å². The Balaban J connectivity index is 2.47. The lowest BCUT2D eigenvalue weighted by atomic mass is 9.91. The molecule has 1 aromatic rings. The van der Waals surface area contributed by atoms with E-state index >= 15 is 0 Å². The van der Waals surface area contributed by atoms with Crippen molar-refractivity contribution in [2.45, 2.75) is 26.4 Å². The highest BCUT2D eigenvalue weighted by atomic mass is 16.6. The molecule has 0 aliphatic carbocycles. The van der Waals surface area contributed by atoms with Crippen LogP contribution < -0.4 is 14.8 Å². The molecule has 0 spiro atoms. The van der Waals surface area contributed by atoms with E-state index in [0.29, 0.717) is 17.1 Å². The maximum absolute atomic E-state index is 12.8. The Hall–Kier alpha value is -3.03. The Bertz CT molecular complexity index is 768. The zero-order chi connectivity index (χ0) is 18.8. The predicted octanol–water partition coefficient (Wildman–Crippen LogP) is 1.39. The van der Waals surface area contributed by atoms with Gasteiger partial charge in [-0.05, 0) is 19.1 Å². The van der Waals surface area contributed by atoms with Gasteiger partial charge in [-0.15, -0.1) is 0 Å². The summed E-state index contributed by atoms with van der Waals surface area (Å²) >= 11 is 0. The number of rotatable bonds is 5. The topological polar surface area (TPSA) is 100 Å². The monoisotopic (exact) mass is 349 g/mol. The molecule has 0 saturated heterocycles. The van der Waals surface area contributed by atoms with Gasteiger partial charge >= 0.3 is 5.97 Å². The molecule has 8 heteroatoms. The first kappa shape index (κ1) is 18.3. The molecule has 0 radical (unpaired) electrons. The van der Waals surface area contributed by atoms with E-state index in [0.717, 1.165) is 6.92 Å². The van der Waals surface area contributed by atoms with E-state index < -0.39 is 23.3 Å². The van der Waals surface area contributed by atoms with Gasteiger partial charge in [0.15, 0.2) is 17.1 Å². The number of benzene rings is 1. The number of hydrogen-bond acceptors (Lipinski definition) is 7. The zero-order valence-electron chi connectivity index (χ0n) is 14.6. The van der Waals surface area contributed by atoms with Crippen molar-refractivity contribution in [2.24, 2.45) is 0 Å². The van der Waals surface area contributed by atoms with Gasteiger partial charge in [0.1, 0.15) is 0 Å². The Kier molecular flexibility index (Phi) is 5.01. The average molecular weight is 349 g/mol. The molecule has 1 aliphatic heterocycles. The summed E-state index contributed by atoms with van der Waals surface area (Å²) in [5.41, 5.74) is -1.05. The van der Waals surface area contributed by atoms with Crippen LogP contribution >= 0.6 is 0 Å². The van der Waals surface area contributed by atoms with Crippen molar-refractivity contribution in [2.75, 3.05) is 14.2 Å². The summed E-state index contributed by atoms with van der Waals surface area (Å²) < 4.78 is 21.0. The Morgan fingerprint density at radius 3 is 2.28 bits per heavy atom. The van der Waals surface area contributed by atoms with Crippen molar-refractivity contribution in [3.63, 3.8) is 0 Å². The van der Waals surface area contributed by atoms with Crippen LogP contribution in [0.2, 0.25) is 0 Å². The van der Waals surface area contributed by atoms with Gasteiger partial charge in [0, 0.05) is 19.4 Å². The van der Waals surface area contributed by atoms with Gasteiger partial charge in [0.25, 0.3) is 5.78 Å².